The number of ether oxygens (including phenoxy) is 2. The summed E-state index contributed by atoms with van der Waals surface area (Å²) in [5.41, 5.74) is 1.68. The van der Waals surface area contributed by atoms with Crippen molar-refractivity contribution in [1.29, 1.82) is 0 Å². The summed E-state index contributed by atoms with van der Waals surface area (Å²) in [5, 5.41) is 1.92. The fourth-order valence-electron chi connectivity index (χ4n) is 4.02. The molecule has 3 heterocycles. The molecule has 0 N–H and O–H groups in total. The van der Waals surface area contributed by atoms with Gasteiger partial charge in [-0.2, -0.15) is 0 Å². The molecular formula is C24H23N5O4S. The number of carbonyl (C=O) groups excluding carboxylic acids is 1. The Bertz CT molecular complexity index is 1440. The van der Waals surface area contributed by atoms with Crippen LogP contribution in [0.2, 0.25) is 0 Å². The molecule has 5 rings (SSSR count). The van der Waals surface area contributed by atoms with Crippen LogP contribution in [0.4, 0.5) is 0 Å². The highest BCUT2D eigenvalue weighted by molar-refractivity contribution is 7.98. The number of rotatable bonds is 5. The highest BCUT2D eigenvalue weighted by atomic mass is 32.2. The lowest BCUT2D eigenvalue weighted by Crippen LogP contribution is -2.47. The highest BCUT2D eigenvalue weighted by Gasteiger charge is 2.26. The van der Waals surface area contributed by atoms with E-state index in [9.17, 15) is 9.59 Å². The Morgan fingerprint density at radius 2 is 2.03 bits per heavy atom. The number of benzene rings is 2. The first-order valence-corrected chi connectivity index (χ1v) is 12.1. The van der Waals surface area contributed by atoms with E-state index in [-0.39, 0.29) is 24.2 Å². The monoisotopic (exact) mass is 477 g/mol. The summed E-state index contributed by atoms with van der Waals surface area (Å²) in [4.78, 5) is 40.6. The first-order chi connectivity index (χ1) is 16.5. The zero-order chi connectivity index (χ0) is 23.7. The standard InChI is InChI=1S/C24H23N5O4S/c1-28-23(31)18-8-7-15(11-20(18)27-24(28)34-2)22(30)29-9-10-32-16(12-29)13-33-21-17-5-3-4-6-19(17)25-14-26-21/h3-8,11,14,16H,9-10,12-13H2,1-2H3. The maximum atomic E-state index is 13.2. The van der Waals surface area contributed by atoms with Crippen molar-refractivity contribution in [2.24, 2.45) is 7.05 Å². The van der Waals surface area contributed by atoms with Crippen LogP contribution in [0.25, 0.3) is 21.8 Å². The van der Waals surface area contributed by atoms with E-state index in [1.54, 1.807) is 30.1 Å². The second-order valence-electron chi connectivity index (χ2n) is 7.95. The van der Waals surface area contributed by atoms with Gasteiger partial charge in [0.05, 0.1) is 35.0 Å². The predicted octanol–water partition coefficient (Wildman–Crippen LogP) is 2.52. The van der Waals surface area contributed by atoms with E-state index in [1.807, 2.05) is 30.5 Å². The summed E-state index contributed by atoms with van der Waals surface area (Å²) >= 11 is 1.39. The van der Waals surface area contributed by atoms with Crippen LogP contribution in [0.1, 0.15) is 10.4 Å². The Labute approximate surface area is 199 Å². The molecule has 0 spiro atoms. The minimum Gasteiger partial charge on any atom is -0.474 e. The topological polar surface area (TPSA) is 99.4 Å². The molecule has 34 heavy (non-hydrogen) atoms. The maximum Gasteiger partial charge on any atom is 0.261 e. The van der Waals surface area contributed by atoms with Gasteiger partial charge in [-0.05, 0) is 36.6 Å². The molecule has 4 aromatic rings. The van der Waals surface area contributed by atoms with Crippen LogP contribution >= 0.6 is 11.8 Å². The van der Waals surface area contributed by atoms with Crippen molar-refractivity contribution in [3.05, 3.63) is 64.7 Å². The van der Waals surface area contributed by atoms with E-state index in [4.69, 9.17) is 9.47 Å². The zero-order valence-electron chi connectivity index (χ0n) is 18.8. The van der Waals surface area contributed by atoms with E-state index in [0.717, 1.165) is 10.9 Å². The lowest BCUT2D eigenvalue weighted by atomic mass is 10.1. The van der Waals surface area contributed by atoms with Crippen LogP contribution in [-0.2, 0) is 11.8 Å². The van der Waals surface area contributed by atoms with Crippen molar-refractivity contribution < 1.29 is 14.3 Å². The summed E-state index contributed by atoms with van der Waals surface area (Å²) in [5.74, 6) is 0.361. The normalized spacial score (nSPS) is 16.2. The molecule has 0 aliphatic carbocycles. The SMILES string of the molecule is CSc1nc2cc(C(=O)N3CCOC(COc4ncnc5ccccc45)C3)ccc2c(=O)n1C. The van der Waals surface area contributed by atoms with Crippen molar-refractivity contribution in [3.63, 3.8) is 0 Å². The van der Waals surface area contributed by atoms with Gasteiger partial charge in [-0.25, -0.2) is 15.0 Å². The summed E-state index contributed by atoms with van der Waals surface area (Å²) in [7, 11) is 1.69. The second-order valence-corrected chi connectivity index (χ2v) is 8.72. The predicted molar refractivity (Wildman–Crippen MR) is 129 cm³/mol. The van der Waals surface area contributed by atoms with Gasteiger partial charge < -0.3 is 14.4 Å². The lowest BCUT2D eigenvalue weighted by molar-refractivity contribution is -0.0404. The Kier molecular flexibility index (Phi) is 6.16. The van der Waals surface area contributed by atoms with Gasteiger partial charge in [-0.15, -0.1) is 0 Å². The van der Waals surface area contributed by atoms with Crippen LogP contribution < -0.4 is 10.3 Å². The van der Waals surface area contributed by atoms with Crippen LogP contribution in [0.15, 0.2) is 58.7 Å². The summed E-state index contributed by atoms with van der Waals surface area (Å²) in [6.07, 6.45) is 3.04. The van der Waals surface area contributed by atoms with Crippen molar-refractivity contribution in [2.45, 2.75) is 11.3 Å². The van der Waals surface area contributed by atoms with E-state index in [2.05, 4.69) is 15.0 Å². The molecule has 10 heteroatoms. The molecule has 1 saturated heterocycles. The van der Waals surface area contributed by atoms with E-state index in [0.29, 0.717) is 47.2 Å². The van der Waals surface area contributed by atoms with Crippen molar-refractivity contribution >= 4 is 39.5 Å². The van der Waals surface area contributed by atoms with Gasteiger partial charge in [0.15, 0.2) is 5.16 Å². The molecule has 2 aromatic heterocycles. The molecule has 0 radical (unpaired) electrons. The lowest BCUT2D eigenvalue weighted by Gasteiger charge is -2.32. The second kappa shape index (κ2) is 9.40. The van der Waals surface area contributed by atoms with Gasteiger partial charge in [0, 0.05) is 19.2 Å². The summed E-state index contributed by atoms with van der Waals surface area (Å²) < 4.78 is 13.3. The van der Waals surface area contributed by atoms with Crippen molar-refractivity contribution in [3.8, 4) is 5.88 Å². The average molecular weight is 478 g/mol. The van der Waals surface area contributed by atoms with E-state index in [1.165, 1.54) is 22.7 Å². The quantitative estimate of drug-likeness (QED) is 0.319. The van der Waals surface area contributed by atoms with Gasteiger partial charge in [0.2, 0.25) is 5.88 Å². The largest absolute Gasteiger partial charge is 0.474 e. The Balaban J connectivity index is 1.31. The minimum atomic E-state index is -0.291. The minimum absolute atomic E-state index is 0.129. The van der Waals surface area contributed by atoms with E-state index >= 15 is 0 Å². The fourth-order valence-corrected chi connectivity index (χ4v) is 4.57. The van der Waals surface area contributed by atoms with Crippen molar-refractivity contribution in [1.82, 2.24) is 24.4 Å². The van der Waals surface area contributed by atoms with Crippen molar-refractivity contribution in [2.75, 3.05) is 32.6 Å². The third-order valence-corrected chi connectivity index (χ3v) is 6.53. The van der Waals surface area contributed by atoms with Gasteiger partial charge in [0.1, 0.15) is 19.0 Å². The van der Waals surface area contributed by atoms with Gasteiger partial charge in [0.25, 0.3) is 11.5 Å². The number of para-hydroxylation sites is 1. The Morgan fingerprint density at radius 1 is 1.18 bits per heavy atom. The molecular weight excluding hydrogens is 454 g/mol. The fraction of sp³-hybridized carbons (Fsp3) is 0.292. The third kappa shape index (κ3) is 4.22. The molecule has 174 valence electrons. The van der Waals surface area contributed by atoms with Crippen LogP contribution in [-0.4, -0.2) is 69.0 Å². The number of thioether (sulfide) groups is 1. The first-order valence-electron chi connectivity index (χ1n) is 10.8. The van der Waals surface area contributed by atoms with Gasteiger partial charge >= 0.3 is 0 Å². The van der Waals surface area contributed by atoms with Gasteiger partial charge in [-0.1, -0.05) is 23.9 Å². The number of fused-ring (bicyclic) bond motifs is 2. The van der Waals surface area contributed by atoms with Crippen LogP contribution in [0, 0.1) is 0 Å². The summed E-state index contributed by atoms with van der Waals surface area (Å²) in [6.45, 7) is 1.54. The average Bonchev–Trinajstić information content (AvgIpc) is 2.89. The molecule has 2 aromatic carbocycles. The third-order valence-electron chi connectivity index (χ3n) is 5.80. The summed E-state index contributed by atoms with van der Waals surface area (Å²) in [6, 6.07) is 12.7. The number of amides is 1. The maximum absolute atomic E-state index is 13.2. The first kappa shape index (κ1) is 22.3. The smallest absolute Gasteiger partial charge is 0.261 e. The number of carbonyl (C=O) groups is 1. The molecule has 1 aliphatic heterocycles. The zero-order valence-corrected chi connectivity index (χ0v) is 19.6. The Morgan fingerprint density at radius 3 is 2.88 bits per heavy atom. The molecule has 1 aliphatic rings. The number of hydrogen-bond donors (Lipinski definition) is 0. The molecule has 1 fully saturated rings. The highest BCUT2D eigenvalue weighted by Crippen LogP contribution is 2.22. The number of morpholine rings is 1. The van der Waals surface area contributed by atoms with E-state index < -0.39 is 0 Å². The van der Waals surface area contributed by atoms with Gasteiger partial charge in [-0.3, -0.25) is 14.2 Å². The number of aromatic nitrogens is 4. The molecule has 1 amide bonds. The number of hydrogen-bond acceptors (Lipinski definition) is 8. The van der Waals surface area contributed by atoms with Crippen LogP contribution in [0.3, 0.4) is 0 Å². The molecule has 1 atom stereocenters. The molecule has 9 nitrogen and oxygen atoms in total. The molecule has 0 saturated carbocycles. The molecule has 1 unspecified atom stereocenters. The van der Waals surface area contributed by atoms with Crippen LogP contribution in [0.5, 0.6) is 5.88 Å². The Hall–Kier alpha value is -3.50. The molecule has 0 bridgehead atoms. The number of nitrogens with zero attached hydrogens (tertiary/aromatic N) is 5.